The van der Waals surface area contributed by atoms with Crippen molar-refractivity contribution in [3.63, 3.8) is 0 Å². The van der Waals surface area contributed by atoms with Gasteiger partial charge >= 0.3 is 0 Å². The summed E-state index contributed by atoms with van der Waals surface area (Å²) >= 11 is 23.7. The lowest BCUT2D eigenvalue weighted by atomic mass is 10.3. The van der Waals surface area contributed by atoms with Crippen molar-refractivity contribution in [2.24, 2.45) is 0 Å². The number of rotatable bonds is 8. The van der Waals surface area contributed by atoms with E-state index in [0.29, 0.717) is 57.9 Å². The lowest BCUT2D eigenvalue weighted by Gasteiger charge is -2.10. The standard InChI is InChI=1S/C16H15Cl4NO2.ClH/c17-11-1-3-15(13(19)9-11)22-7-5-21-6-8-23-16-4-2-12(18)10-14(16)20;/h1-4,9-10,21H,5-8H2;1H. The van der Waals surface area contributed by atoms with Gasteiger partial charge in [-0.15, -0.1) is 12.4 Å². The molecule has 0 bridgehead atoms. The molecule has 8 heteroatoms. The van der Waals surface area contributed by atoms with Gasteiger partial charge in [0.15, 0.2) is 0 Å². The molecule has 0 spiro atoms. The van der Waals surface area contributed by atoms with Crippen molar-refractivity contribution in [3.05, 3.63) is 56.5 Å². The highest BCUT2D eigenvalue weighted by molar-refractivity contribution is 6.36. The zero-order valence-corrected chi connectivity index (χ0v) is 16.4. The maximum Gasteiger partial charge on any atom is 0.138 e. The molecular weight excluding hydrogens is 415 g/mol. The fourth-order valence-corrected chi connectivity index (χ4v) is 2.70. The maximum atomic E-state index is 6.01. The Labute approximate surface area is 167 Å². The van der Waals surface area contributed by atoms with Crippen molar-refractivity contribution in [1.29, 1.82) is 0 Å². The first kappa shape index (κ1) is 21.5. The highest BCUT2D eigenvalue weighted by Gasteiger charge is 2.03. The summed E-state index contributed by atoms with van der Waals surface area (Å²) in [6, 6.07) is 10.3. The van der Waals surface area contributed by atoms with Gasteiger partial charge in [0.25, 0.3) is 0 Å². The average molecular weight is 432 g/mol. The predicted molar refractivity (Wildman–Crippen MR) is 104 cm³/mol. The van der Waals surface area contributed by atoms with Crippen LogP contribution in [0.15, 0.2) is 36.4 Å². The van der Waals surface area contributed by atoms with Crippen molar-refractivity contribution in [3.8, 4) is 11.5 Å². The van der Waals surface area contributed by atoms with Crippen LogP contribution in [-0.4, -0.2) is 26.3 Å². The molecule has 0 amide bonds. The number of ether oxygens (including phenoxy) is 2. The van der Waals surface area contributed by atoms with Gasteiger partial charge in [-0.3, -0.25) is 0 Å². The molecule has 2 rings (SSSR count). The molecule has 0 heterocycles. The van der Waals surface area contributed by atoms with Crippen LogP contribution in [0.5, 0.6) is 11.5 Å². The van der Waals surface area contributed by atoms with Crippen LogP contribution in [0.1, 0.15) is 0 Å². The number of hydrogen-bond donors (Lipinski definition) is 1. The highest BCUT2D eigenvalue weighted by atomic mass is 35.5. The molecule has 3 nitrogen and oxygen atoms in total. The molecule has 24 heavy (non-hydrogen) atoms. The van der Waals surface area contributed by atoms with Crippen molar-refractivity contribution in [2.45, 2.75) is 0 Å². The molecule has 0 saturated heterocycles. The maximum absolute atomic E-state index is 6.01. The number of nitrogens with one attached hydrogen (secondary N) is 1. The zero-order chi connectivity index (χ0) is 16.7. The Kier molecular flexibility index (Phi) is 9.98. The van der Waals surface area contributed by atoms with Gasteiger partial charge in [0, 0.05) is 23.1 Å². The van der Waals surface area contributed by atoms with E-state index in [4.69, 9.17) is 55.9 Å². The van der Waals surface area contributed by atoms with E-state index >= 15 is 0 Å². The van der Waals surface area contributed by atoms with E-state index < -0.39 is 0 Å². The molecule has 0 saturated carbocycles. The van der Waals surface area contributed by atoms with Gasteiger partial charge in [-0.05, 0) is 36.4 Å². The normalized spacial score (nSPS) is 10.2. The zero-order valence-electron chi connectivity index (χ0n) is 12.5. The molecule has 0 unspecified atom stereocenters. The van der Waals surface area contributed by atoms with E-state index in [9.17, 15) is 0 Å². The van der Waals surface area contributed by atoms with E-state index in [2.05, 4.69) is 5.32 Å². The van der Waals surface area contributed by atoms with Crippen LogP contribution in [0.25, 0.3) is 0 Å². The molecule has 2 aromatic carbocycles. The molecule has 0 atom stereocenters. The Morgan fingerprint density at radius 1 is 0.708 bits per heavy atom. The van der Waals surface area contributed by atoms with Crippen LogP contribution in [-0.2, 0) is 0 Å². The summed E-state index contributed by atoms with van der Waals surface area (Å²) in [6.45, 7) is 2.30. The molecule has 0 radical (unpaired) electrons. The minimum Gasteiger partial charge on any atom is -0.491 e. The van der Waals surface area contributed by atoms with Crippen LogP contribution in [0.4, 0.5) is 0 Å². The third kappa shape index (κ3) is 7.14. The third-order valence-corrected chi connectivity index (χ3v) is 3.92. The second-order valence-electron chi connectivity index (χ2n) is 4.60. The van der Waals surface area contributed by atoms with Gasteiger partial charge in [-0.25, -0.2) is 0 Å². The first-order valence-electron chi connectivity index (χ1n) is 6.92. The second-order valence-corrected chi connectivity index (χ2v) is 6.28. The van der Waals surface area contributed by atoms with Gasteiger partial charge in [0.05, 0.1) is 10.0 Å². The summed E-state index contributed by atoms with van der Waals surface area (Å²) in [5, 5.41) is 5.36. The topological polar surface area (TPSA) is 30.5 Å². The average Bonchev–Trinajstić information content (AvgIpc) is 2.50. The number of hydrogen-bond acceptors (Lipinski definition) is 3. The predicted octanol–water partition coefficient (Wildman–Crippen LogP) is 5.77. The Bertz CT molecular complexity index is 599. The Morgan fingerprint density at radius 2 is 1.12 bits per heavy atom. The van der Waals surface area contributed by atoms with Gasteiger partial charge in [0.1, 0.15) is 24.7 Å². The molecule has 1 N–H and O–H groups in total. The lowest BCUT2D eigenvalue weighted by molar-refractivity contribution is 0.289. The fraction of sp³-hybridized carbons (Fsp3) is 0.250. The third-order valence-electron chi connectivity index (χ3n) is 2.86. The Balaban J connectivity index is 0.00000288. The minimum atomic E-state index is 0. The van der Waals surface area contributed by atoms with Crippen LogP contribution < -0.4 is 14.8 Å². The van der Waals surface area contributed by atoms with Crippen LogP contribution in [0.2, 0.25) is 20.1 Å². The monoisotopic (exact) mass is 429 g/mol. The Morgan fingerprint density at radius 3 is 1.50 bits per heavy atom. The van der Waals surface area contributed by atoms with Crippen molar-refractivity contribution < 1.29 is 9.47 Å². The highest BCUT2D eigenvalue weighted by Crippen LogP contribution is 2.28. The molecule has 0 aliphatic rings. The molecular formula is C16H16Cl5NO2. The van der Waals surface area contributed by atoms with Crippen molar-refractivity contribution in [1.82, 2.24) is 5.32 Å². The number of benzene rings is 2. The van der Waals surface area contributed by atoms with Crippen LogP contribution in [0.3, 0.4) is 0 Å². The van der Waals surface area contributed by atoms with Gasteiger partial charge in [-0.1, -0.05) is 46.4 Å². The molecule has 0 aliphatic heterocycles. The summed E-state index contributed by atoms with van der Waals surface area (Å²) in [5.74, 6) is 1.23. The summed E-state index contributed by atoms with van der Waals surface area (Å²) in [4.78, 5) is 0. The van der Waals surface area contributed by atoms with E-state index in [1.54, 1.807) is 36.4 Å². The summed E-state index contributed by atoms with van der Waals surface area (Å²) in [6.07, 6.45) is 0. The molecule has 0 aromatic heterocycles. The van der Waals surface area contributed by atoms with E-state index in [1.807, 2.05) is 0 Å². The SMILES string of the molecule is Cl.Clc1ccc(OCCNCCOc2ccc(Cl)cc2Cl)c(Cl)c1. The summed E-state index contributed by atoms with van der Waals surface area (Å²) in [5.41, 5.74) is 0. The van der Waals surface area contributed by atoms with E-state index in [1.165, 1.54) is 0 Å². The van der Waals surface area contributed by atoms with Crippen LogP contribution >= 0.6 is 58.8 Å². The molecule has 132 valence electrons. The van der Waals surface area contributed by atoms with Crippen molar-refractivity contribution in [2.75, 3.05) is 26.3 Å². The smallest absolute Gasteiger partial charge is 0.138 e. The fourth-order valence-electron chi connectivity index (χ4n) is 1.78. The molecule has 2 aromatic rings. The van der Waals surface area contributed by atoms with Gasteiger partial charge in [-0.2, -0.15) is 0 Å². The largest absolute Gasteiger partial charge is 0.491 e. The van der Waals surface area contributed by atoms with E-state index in [0.717, 1.165) is 0 Å². The Hall–Kier alpha value is -0.550. The van der Waals surface area contributed by atoms with E-state index in [-0.39, 0.29) is 12.4 Å². The minimum absolute atomic E-state index is 0. The molecule has 0 fully saturated rings. The van der Waals surface area contributed by atoms with Gasteiger partial charge < -0.3 is 14.8 Å². The quantitative estimate of drug-likeness (QED) is 0.538. The van der Waals surface area contributed by atoms with Crippen LogP contribution in [0, 0.1) is 0 Å². The first-order chi connectivity index (χ1) is 11.1. The summed E-state index contributed by atoms with van der Waals surface area (Å²) < 4.78 is 11.1. The summed E-state index contributed by atoms with van der Waals surface area (Å²) in [7, 11) is 0. The second kappa shape index (κ2) is 11.1. The lowest BCUT2D eigenvalue weighted by Crippen LogP contribution is -2.26. The first-order valence-corrected chi connectivity index (χ1v) is 8.44. The van der Waals surface area contributed by atoms with Gasteiger partial charge in [0.2, 0.25) is 0 Å². The number of halogens is 5. The molecule has 0 aliphatic carbocycles. The van der Waals surface area contributed by atoms with Crippen molar-refractivity contribution >= 4 is 58.8 Å².